The van der Waals surface area contributed by atoms with Crippen LogP contribution in [0.25, 0.3) is 0 Å². The summed E-state index contributed by atoms with van der Waals surface area (Å²) in [6, 6.07) is 9.20. The summed E-state index contributed by atoms with van der Waals surface area (Å²) in [5.41, 5.74) is 0.814. The number of carbonyl (C=O) groups is 3. The van der Waals surface area contributed by atoms with Crippen molar-refractivity contribution in [1.82, 2.24) is 4.90 Å². The summed E-state index contributed by atoms with van der Waals surface area (Å²) in [6.07, 6.45) is -2.60. The van der Waals surface area contributed by atoms with Gasteiger partial charge in [0, 0.05) is 30.6 Å². The summed E-state index contributed by atoms with van der Waals surface area (Å²) in [6.45, 7) is 13.1. The minimum absolute atomic E-state index is 0.124. The van der Waals surface area contributed by atoms with Crippen molar-refractivity contribution in [3.8, 4) is 0 Å². The van der Waals surface area contributed by atoms with Gasteiger partial charge in [0.25, 0.3) is 0 Å². The molecule has 0 radical (unpaired) electrons. The number of fused-ring (bicyclic) bond motifs is 3. The van der Waals surface area contributed by atoms with Crippen LogP contribution in [0, 0.1) is 22.7 Å². The van der Waals surface area contributed by atoms with Gasteiger partial charge >= 0.3 is 11.9 Å². The van der Waals surface area contributed by atoms with Crippen molar-refractivity contribution in [3.05, 3.63) is 59.2 Å². The molecular formula is C33H45NO7. The number of carbonyl (C=O) groups excluding carboxylic acids is 3. The molecule has 0 amide bonds. The number of aliphatic hydroxyl groups is 2. The second-order valence-electron chi connectivity index (χ2n) is 13.2. The molecule has 2 bridgehead atoms. The molecule has 3 aliphatic rings. The molecule has 8 nitrogen and oxygen atoms in total. The van der Waals surface area contributed by atoms with Gasteiger partial charge in [-0.2, -0.15) is 0 Å². The molecule has 0 aliphatic heterocycles. The predicted octanol–water partition coefficient (Wildman–Crippen LogP) is 3.64. The Morgan fingerprint density at radius 1 is 1.12 bits per heavy atom. The number of hydrogen-bond donors (Lipinski definition) is 2. The normalized spacial score (nSPS) is 33.9. The van der Waals surface area contributed by atoms with Crippen molar-refractivity contribution in [1.29, 1.82) is 0 Å². The molecule has 1 aromatic carbocycles. The van der Waals surface area contributed by atoms with E-state index in [1.165, 1.54) is 6.92 Å². The fourth-order valence-electron chi connectivity index (χ4n) is 7.72. The third-order valence-corrected chi connectivity index (χ3v) is 10.0. The largest absolute Gasteiger partial charge is 0.459 e. The van der Waals surface area contributed by atoms with Crippen molar-refractivity contribution in [3.63, 3.8) is 0 Å². The van der Waals surface area contributed by atoms with Gasteiger partial charge in [-0.1, -0.05) is 57.7 Å². The summed E-state index contributed by atoms with van der Waals surface area (Å²) >= 11 is 0. The Hall–Kier alpha value is -2.81. The maximum absolute atomic E-state index is 13.5. The van der Waals surface area contributed by atoms with Gasteiger partial charge in [0.2, 0.25) is 0 Å². The highest BCUT2D eigenvalue weighted by Crippen LogP contribution is 2.59. The van der Waals surface area contributed by atoms with Crippen LogP contribution in [0.5, 0.6) is 0 Å². The fraction of sp³-hybridized carbons (Fsp3) is 0.606. The first-order valence-electron chi connectivity index (χ1n) is 14.5. The first-order valence-corrected chi connectivity index (χ1v) is 14.5. The second-order valence-corrected chi connectivity index (χ2v) is 13.2. The fourth-order valence-corrected chi connectivity index (χ4v) is 7.72. The van der Waals surface area contributed by atoms with E-state index in [0.717, 1.165) is 5.56 Å². The van der Waals surface area contributed by atoms with Crippen molar-refractivity contribution in [2.24, 2.45) is 22.7 Å². The van der Waals surface area contributed by atoms with Gasteiger partial charge < -0.3 is 19.7 Å². The number of ether oxygens (including phenoxy) is 2. The number of nitrogens with zero attached hydrogens (tertiary/aromatic N) is 1. The summed E-state index contributed by atoms with van der Waals surface area (Å²) < 4.78 is 11.9. The van der Waals surface area contributed by atoms with E-state index in [-0.39, 0.29) is 18.2 Å². The molecule has 2 saturated carbocycles. The molecule has 4 rings (SSSR count). The molecule has 8 heteroatoms. The molecule has 1 unspecified atom stereocenters. The van der Waals surface area contributed by atoms with Crippen molar-refractivity contribution < 1.29 is 34.1 Å². The zero-order chi connectivity index (χ0) is 30.4. The van der Waals surface area contributed by atoms with Crippen LogP contribution in [0.1, 0.15) is 59.4 Å². The van der Waals surface area contributed by atoms with E-state index >= 15 is 0 Å². The van der Waals surface area contributed by atoms with Gasteiger partial charge in [-0.3, -0.25) is 19.3 Å². The lowest BCUT2D eigenvalue weighted by Crippen LogP contribution is -2.63. The van der Waals surface area contributed by atoms with Gasteiger partial charge in [-0.05, 0) is 68.0 Å². The van der Waals surface area contributed by atoms with Crippen LogP contribution in [0.3, 0.4) is 0 Å². The van der Waals surface area contributed by atoms with Crippen LogP contribution in [-0.2, 0) is 30.3 Å². The molecular weight excluding hydrogens is 522 g/mol. The van der Waals surface area contributed by atoms with E-state index in [9.17, 15) is 24.6 Å². The molecule has 1 aromatic rings. The number of benzene rings is 1. The summed E-state index contributed by atoms with van der Waals surface area (Å²) in [4.78, 5) is 40.8. The highest BCUT2D eigenvalue weighted by Gasteiger charge is 2.62. The molecule has 8 atom stereocenters. The van der Waals surface area contributed by atoms with E-state index in [4.69, 9.17) is 9.47 Å². The van der Waals surface area contributed by atoms with E-state index in [0.29, 0.717) is 36.0 Å². The van der Waals surface area contributed by atoms with Crippen molar-refractivity contribution in [2.75, 3.05) is 14.1 Å². The number of likely N-dealkylation sites (N-methyl/N-ethyl adjacent to an activating group) is 1. The standard InChI is InChI=1S/C33H45NO7/c1-18-24(36)17-22-28(37)27-19(2)25(41-31(39)23(34(7)8)16-21-12-10-9-11-13-21)14-15-33(27,6)30(40-20(3)35)29(38)26(18)32(22,4)5/h9-13,22-23,25,27-30,37-38H,2,14-17H2,1,3-8H3/t22-,23?,25-,27-,28+,29+,30-,33+/m0/s1. The topological polar surface area (TPSA) is 113 Å². The predicted molar refractivity (Wildman–Crippen MR) is 155 cm³/mol. The van der Waals surface area contributed by atoms with Crippen LogP contribution >= 0.6 is 0 Å². The Morgan fingerprint density at radius 2 is 1.76 bits per heavy atom. The van der Waals surface area contributed by atoms with E-state index < -0.39 is 59.1 Å². The molecule has 0 spiro atoms. The highest BCUT2D eigenvalue weighted by molar-refractivity contribution is 5.97. The van der Waals surface area contributed by atoms with E-state index in [2.05, 4.69) is 6.58 Å². The summed E-state index contributed by atoms with van der Waals surface area (Å²) in [5, 5.41) is 23.9. The number of aliphatic hydroxyl groups excluding tert-OH is 2. The molecule has 224 valence electrons. The first-order chi connectivity index (χ1) is 19.1. The van der Waals surface area contributed by atoms with Crippen LogP contribution in [0.15, 0.2) is 53.6 Å². The molecule has 0 aromatic heterocycles. The third-order valence-electron chi connectivity index (χ3n) is 10.0. The van der Waals surface area contributed by atoms with Crippen LogP contribution in [0.4, 0.5) is 0 Å². The number of ketones is 1. The zero-order valence-corrected chi connectivity index (χ0v) is 25.3. The SMILES string of the molecule is C=C1[C@@H](OC(=O)C(Cc2ccccc2)N(C)C)CC[C@@]2(C)[C@@H](OC(C)=O)[C@H](O)C3=C(C)C(=O)C[C@@H]([C@@H](O)[C@H]12)C3(C)C. The van der Waals surface area contributed by atoms with E-state index in [1.807, 2.05) is 70.1 Å². The Balaban J connectivity index is 1.71. The Morgan fingerprint density at radius 3 is 2.34 bits per heavy atom. The lowest BCUT2D eigenvalue weighted by molar-refractivity contribution is -0.188. The van der Waals surface area contributed by atoms with Crippen LogP contribution in [0.2, 0.25) is 0 Å². The average Bonchev–Trinajstić information content (AvgIpc) is 2.89. The number of esters is 2. The maximum atomic E-state index is 13.5. The van der Waals surface area contributed by atoms with Gasteiger partial charge in [0.1, 0.15) is 24.4 Å². The molecule has 2 fully saturated rings. The first kappa shape index (κ1) is 31.1. The smallest absolute Gasteiger partial charge is 0.324 e. The molecule has 3 aliphatic carbocycles. The molecule has 2 N–H and O–H groups in total. The number of rotatable bonds is 6. The van der Waals surface area contributed by atoms with Gasteiger partial charge in [0.05, 0.1) is 6.10 Å². The minimum atomic E-state index is -1.24. The van der Waals surface area contributed by atoms with Crippen molar-refractivity contribution >= 4 is 17.7 Å². The Bertz CT molecular complexity index is 1240. The van der Waals surface area contributed by atoms with Gasteiger partial charge in [0.15, 0.2) is 5.78 Å². The lowest BCUT2D eigenvalue weighted by atomic mass is 9.49. The number of allylic oxidation sites excluding steroid dienone is 1. The van der Waals surface area contributed by atoms with Crippen molar-refractivity contribution in [2.45, 2.75) is 90.8 Å². The van der Waals surface area contributed by atoms with E-state index in [1.54, 1.807) is 6.92 Å². The Kier molecular flexibility index (Phi) is 8.70. The van der Waals surface area contributed by atoms with Crippen LogP contribution in [-0.4, -0.2) is 77.4 Å². The highest BCUT2D eigenvalue weighted by atomic mass is 16.6. The third kappa shape index (κ3) is 5.54. The number of Topliss-reactive ketones (excluding diaryl/α,β-unsaturated/α-hetero) is 1. The minimum Gasteiger partial charge on any atom is -0.459 e. The second kappa shape index (κ2) is 11.5. The molecule has 0 saturated heterocycles. The van der Waals surface area contributed by atoms with Gasteiger partial charge in [-0.25, -0.2) is 0 Å². The summed E-state index contributed by atoms with van der Waals surface area (Å²) in [5.74, 6) is -2.30. The quantitative estimate of drug-likeness (QED) is 0.396. The summed E-state index contributed by atoms with van der Waals surface area (Å²) in [7, 11) is 3.67. The van der Waals surface area contributed by atoms with Gasteiger partial charge in [-0.15, -0.1) is 0 Å². The number of hydrogen-bond acceptors (Lipinski definition) is 8. The monoisotopic (exact) mass is 567 g/mol. The lowest BCUT2D eigenvalue weighted by Gasteiger charge is -2.58. The average molecular weight is 568 g/mol. The molecule has 41 heavy (non-hydrogen) atoms. The molecule has 0 heterocycles. The van der Waals surface area contributed by atoms with Crippen LogP contribution < -0.4 is 0 Å². The maximum Gasteiger partial charge on any atom is 0.324 e. The zero-order valence-electron chi connectivity index (χ0n) is 25.3. The Labute approximate surface area is 243 Å².